The lowest BCUT2D eigenvalue weighted by Crippen LogP contribution is -2.60. The number of aliphatic hydroxyl groups excluding tert-OH is 4. The Labute approximate surface area is 173 Å². The Hall–Kier alpha value is -3.09. The number of hydrogen-bond acceptors (Lipinski definition) is 11. The van der Waals surface area contributed by atoms with Gasteiger partial charge < -0.3 is 49.3 Å². The molecule has 1 aliphatic heterocycles. The Morgan fingerprint density at radius 3 is 2.23 bits per heavy atom. The van der Waals surface area contributed by atoms with Gasteiger partial charge in [-0.3, -0.25) is 4.79 Å². The predicted octanol–water partition coefficient (Wildman–Crippen LogP) is -0.455. The number of aliphatic hydroxyl groups is 4. The van der Waals surface area contributed by atoms with Crippen molar-refractivity contribution in [2.75, 3.05) is 13.7 Å². The fourth-order valence-electron chi connectivity index (χ4n) is 3.43. The molecule has 1 aliphatic rings. The Kier molecular flexibility index (Phi) is 5.37. The molecule has 0 amide bonds. The van der Waals surface area contributed by atoms with Crippen molar-refractivity contribution >= 4 is 21.9 Å². The van der Waals surface area contributed by atoms with Crippen molar-refractivity contribution in [3.63, 3.8) is 0 Å². The number of hydrogen-bond donors (Lipinski definition) is 6. The Bertz CT molecular complexity index is 1190. The van der Waals surface area contributed by atoms with E-state index in [1.165, 1.54) is 19.2 Å². The van der Waals surface area contributed by atoms with Crippen molar-refractivity contribution in [3.8, 4) is 23.0 Å². The molecule has 0 spiro atoms. The number of fused-ring (bicyclic) bond motifs is 2. The van der Waals surface area contributed by atoms with E-state index in [-0.39, 0.29) is 33.4 Å². The average Bonchev–Trinajstić information content (AvgIpc) is 2.75. The van der Waals surface area contributed by atoms with E-state index in [1.807, 2.05) is 0 Å². The van der Waals surface area contributed by atoms with Crippen LogP contribution >= 0.6 is 0 Å². The molecule has 166 valence electrons. The van der Waals surface area contributed by atoms with Crippen LogP contribution in [0.1, 0.15) is 0 Å². The number of ether oxygens (including phenoxy) is 3. The molecule has 6 N–H and O–H groups in total. The van der Waals surface area contributed by atoms with Gasteiger partial charge in [-0.1, -0.05) is 0 Å². The highest BCUT2D eigenvalue weighted by molar-refractivity contribution is 5.92. The Morgan fingerprint density at radius 2 is 1.55 bits per heavy atom. The standard InChI is InChI=1S/C20H20O11/c1-28-13-5-12-8(16(24)7-2-9(22)10(23)4-11(7)29-12)3-14(13)30-20-19(27)18(26)17(25)15(6-21)31-20/h2-5,15,17-23,25-27H,6H2,1H3/t15-,17-,18+,19-,20-/m1/s1. The maximum Gasteiger partial charge on any atom is 0.229 e. The van der Waals surface area contributed by atoms with Crippen LogP contribution < -0.4 is 14.9 Å². The molecule has 4 rings (SSSR count). The van der Waals surface area contributed by atoms with Gasteiger partial charge >= 0.3 is 0 Å². The van der Waals surface area contributed by atoms with Gasteiger partial charge in [0.1, 0.15) is 35.6 Å². The number of phenolic OH excluding ortho intramolecular Hbond substituents is 2. The third-order valence-corrected chi connectivity index (χ3v) is 5.14. The molecule has 0 bridgehead atoms. The average molecular weight is 436 g/mol. The molecular weight excluding hydrogens is 416 g/mol. The number of methoxy groups -OCH3 is 1. The quantitative estimate of drug-likeness (QED) is 0.230. The molecule has 5 atom stereocenters. The van der Waals surface area contributed by atoms with Crippen LogP contribution in [-0.2, 0) is 4.74 Å². The summed E-state index contributed by atoms with van der Waals surface area (Å²) in [6.45, 7) is -0.633. The zero-order valence-corrected chi connectivity index (χ0v) is 16.1. The molecule has 11 nitrogen and oxygen atoms in total. The smallest absolute Gasteiger partial charge is 0.229 e. The van der Waals surface area contributed by atoms with Crippen molar-refractivity contribution in [1.29, 1.82) is 0 Å². The minimum atomic E-state index is -1.66. The minimum absolute atomic E-state index is 0.00626. The molecule has 31 heavy (non-hydrogen) atoms. The number of rotatable bonds is 4. The van der Waals surface area contributed by atoms with Crippen LogP contribution in [0.4, 0.5) is 0 Å². The van der Waals surface area contributed by atoms with Crippen molar-refractivity contribution in [1.82, 2.24) is 0 Å². The van der Waals surface area contributed by atoms with Gasteiger partial charge in [0, 0.05) is 12.1 Å². The summed E-state index contributed by atoms with van der Waals surface area (Å²) in [6, 6.07) is 4.79. The first-order valence-corrected chi connectivity index (χ1v) is 9.22. The second-order valence-electron chi connectivity index (χ2n) is 7.08. The SMILES string of the molecule is COc1cc2oc3cc(O)c(O)cc3c(=O)c2cc1O[C@@H]1O[C@H](CO)[C@@H](O)[C@H](O)[C@H]1O. The molecule has 1 saturated heterocycles. The van der Waals surface area contributed by atoms with Gasteiger partial charge in [0.2, 0.25) is 11.7 Å². The summed E-state index contributed by atoms with van der Waals surface area (Å²) in [6.07, 6.45) is -7.53. The van der Waals surface area contributed by atoms with Gasteiger partial charge in [-0.25, -0.2) is 0 Å². The Morgan fingerprint density at radius 1 is 0.903 bits per heavy atom. The maximum atomic E-state index is 12.9. The van der Waals surface area contributed by atoms with E-state index in [4.69, 9.17) is 18.6 Å². The molecule has 0 unspecified atom stereocenters. The number of aromatic hydroxyl groups is 2. The van der Waals surface area contributed by atoms with E-state index in [1.54, 1.807) is 0 Å². The zero-order chi connectivity index (χ0) is 22.4. The van der Waals surface area contributed by atoms with Crippen LogP contribution in [-0.4, -0.2) is 75.1 Å². The second-order valence-corrected chi connectivity index (χ2v) is 7.08. The summed E-state index contributed by atoms with van der Waals surface area (Å²) in [5, 5.41) is 58.8. The van der Waals surface area contributed by atoms with Crippen LogP contribution in [0.2, 0.25) is 0 Å². The van der Waals surface area contributed by atoms with Crippen molar-refractivity contribution in [2.45, 2.75) is 30.7 Å². The lowest BCUT2D eigenvalue weighted by Gasteiger charge is -2.39. The van der Waals surface area contributed by atoms with E-state index in [2.05, 4.69) is 0 Å². The third kappa shape index (κ3) is 3.52. The lowest BCUT2D eigenvalue weighted by molar-refractivity contribution is -0.277. The summed E-state index contributed by atoms with van der Waals surface area (Å²) < 4.78 is 21.8. The van der Waals surface area contributed by atoms with Gasteiger partial charge in [0.25, 0.3) is 0 Å². The van der Waals surface area contributed by atoms with Crippen molar-refractivity contribution in [2.24, 2.45) is 0 Å². The highest BCUT2D eigenvalue weighted by atomic mass is 16.7. The summed E-state index contributed by atoms with van der Waals surface area (Å²) in [5.41, 5.74) is -0.397. The van der Waals surface area contributed by atoms with Gasteiger partial charge in [-0.05, 0) is 12.1 Å². The first-order chi connectivity index (χ1) is 14.7. The Balaban J connectivity index is 1.80. The first kappa shape index (κ1) is 21.2. The fourth-order valence-corrected chi connectivity index (χ4v) is 3.43. The van der Waals surface area contributed by atoms with Crippen LogP contribution in [0.3, 0.4) is 0 Å². The normalized spacial score (nSPS) is 26.3. The van der Waals surface area contributed by atoms with Crippen LogP contribution in [0.15, 0.2) is 33.5 Å². The summed E-state index contributed by atoms with van der Waals surface area (Å²) >= 11 is 0. The van der Waals surface area contributed by atoms with E-state index in [0.29, 0.717) is 0 Å². The van der Waals surface area contributed by atoms with Gasteiger partial charge in [0.15, 0.2) is 23.0 Å². The lowest BCUT2D eigenvalue weighted by atomic mass is 9.99. The van der Waals surface area contributed by atoms with E-state index < -0.39 is 54.2 Å². The number of benzene rings is 2. The summed E-state index contributed by atoms with van der Waals surface area (Å²) in [5.74, 6) is -0.904. The van der Waals surface area contributed by atoms with Crippen molar-refractivity contribution < 1.29 is 49.3 Å². The molecule has 1 fully saturated rings. The second kappa shape index (κ2) is 7.87. The molecular formula is C20H20O11. The van der Waals surface area contributed by atoms with Crippen molar-refractivity contribution in [3.05, 3.63) is 34.5 Å². The van der Waals surface area contributed by atoms with Gasteiger partial charge in [-0.15, -0.1) is 0 Å². The molecule has 0 aliphatic carbocycles. The van der Waals surface area contributed by atoms with Gasteiger partial charge in [-0.2, -0.15) is 0 Å². The van der Waals surface area contributed by atoms with Crippen LogP contribution in [0, 0.1) is 0 Å². The zero-order valence-electron chi connectivity index (χ0n) is 16.1. The summed E-state index contributed by atoms with van der Waals surface area (Å²) in [4.78, 5) is 12.9. The molecule has 11 heteroatoms. The third-order valence-electron chi connectivity index (χ3n) is 5.14. The number of phenols is 2. The topological polar surface area (TPSA) is 179 Å². The first-order valence-electron chi connectivity index (χ1n) is 9.22. The highest BCUT2D eigenvalue weighted by Gasteiger charge is 2.45. The minimum Gasteiger partial charge on any atom is -0.504 e. The molecule has 3 aromatic rings. The molecule has 2 heterocycles. The maximum absolute atomic E-state index is 12.9. The summed E-state index contributed by atoms with van der Waals surface area (Å²) in [7, 11) is 1.32. The predicted molar refractivity (Wildman–Crippen MR) is 104 cm³/mol. The molecule has 0 saturated carbocycles. The van der Waals surface area contributed by atoms with E-state index in [9.17, 15) is 35.4 Å². The largest absolute Gasteiger partial charge is 0.504 e. The van der Waals surface area contributed by atoms with E-state index >= 15 is 0 Å². The molecule has 1 aromatic heterocycles. The van der Waals surface area contributed by atoms with Gasteiger partial charge in [0.05, 0.1) is 24.5 Å². The molecule has 2 aromatic carbocycles. The highest BCUT2D eigenvalue weighted by Crippen LogP contribution is 2.36. The monoisotopic (exact) mass is 436 g/mol. The fraction of sp³-hybridized carbons (Fsp3) is 0.350. The van der Waals surface area contributed by atoms with E-state index in [0.717, 1.165) is 12.1 Å². The molecule has 0 radical (unpaired) electrons. The van der Waals surface area contributed by atoms with Crippen LogP contribution in [0.5, 0.6) is 23.0 Å². The van der Waals surface area contributed by atoms with Crippen LogP contribution in [0.25, 0.3) is 21.9 Å².